The highest BCUT2D eigenvalue weighted by Gasteiger charge is 2.12. The second kappa shape index (κ2) is 6.97. The van der Waals surface area contributed by atoms with E-state index in [1.54, 1.807) is 12.1 Å². The summed E-state index contributed by atoms with van der Waals surface area (Å²) < 4.78 is 5.95. The minimum absolute atomic E-state index is 0.0790. The van der Waals surface area contributed by atoms with Gasteiger partial charge in [0.1, 0.15) is 0 Å². The smallest absolute Gasteiger partial charge is 0.202 e. The van der Waals surface area contributed by atoms with Gasteiger partial charge in [0.15, 0.2) is 11.5 Å². The van der Waals surface area contributed by atoms with Crippen molar-refractivity contribution in [1.29, 1.82) is 0 Å². The highest BCUT2D eigenvalue weighted by atomic mass is 79.9. The van der Waals surface area contributed by atoms with E-state index in [9.17, 15) is 10.2 Å². The van der Waals surface area contributed by atoms with E-state index in [0.29, 0.717) is 13.1 Å². The van der Waals surface area contributed by atoms with Gasteiger partial charge in [0.05, 0.1) is 13.7 Å². The summed E-state index contributed by atoms with van der Waals surface area (Å²) in [6.45, 7) is 1.13. The number of rotatable bonds is 4. The monoisotopic (exact) mass is 388 g/mol. The van der Waals surface area contributed by atoms with Gasteiger partial charge in [-0.1, -0.05) is 22.0 Å². The standard InChI is InChI=1S/C18H17BrN2O3/c1-24-18-16(22)4-11(5-17(18)23)7-20-9-13-10-21-8-12-2-3-14(19)6-15(12)13/h2-6,9-10,20,22-23H,7-8H2,1H3/b13-9+. The quantitative estimate of drug-likeness (QED) is 0.748. The molecule has 2 aromatic carbocycles. The van der Waals surface area contributed by atoms with Gasteiger partial charge in [-0.15, -0.1) is 0 Å². The summed E-state index contributed by atoms with van der Waals surface area (Å²) in [5.74, 6) is -0.0961. The number of ether oxygens (including phenoxy) is 1. The first kappa shape index (κ1) is 16.4. The van der Waals surface area contributed by atoms with E-state index in [1.165, 1.54) is 12.7 Å². The van der Waals surface area contributed by atoms with Crippen molar-refractivity contribution in [3.63, 3.8) is 0 Å². The minimum Gasteiger partial charge on any atom is -0.504 e. The van der Waals surface area contributed by atoms with Gasteiger partial charge in [-0.3, -0.25) is 4.99 Å². The number of phenols is 2. The predicted molar refractivity (Wildman–Crippen MR) is 97.5 cm³/mol. The number of aromatic hydroxyl groups is 2. The molecule has 3 N–H and O–H groups in total. The number of phenolic OH excluding ortho intramolecular Hbond substituents is 2. The number of benzene rings is 2. The van der Waals surface area contributed by atoms with Crippen LogP contribution in [0.2, 0.25) is 0 Å². The fraction of sp³-hybridized carbons (Fsp3) is 0.167. The van der Waals surface area contributed by atoms with E-state index in [0.717, 1.165) is 21.2 Å². The molecule has 0 unspecified atom stereocenters. The molecule has 0 aliphatic carbocycles. The normalized spacial score (nSPS) is 14.5. The summed E-state index contributed by atoms with van der Waals surface area (Å²) in [6.07, 6.45) is 3.72. The molecule has 24 heavy (non-hydrogen) atoms. The van der Waals surface area contributed by atoms with Crippen molar-refractivity contribution in [1.82, 2.24) is 5.32 Å². The van der Waals surface area contributed by atoms with Crippen molar-refractivity contribution in [2.75, 3.05) is 7.11 Å². The van der Waals surface area contributed by atoms with Crippen molar-refractivity contribution in [2.45, 2.75) is 13.1 Å². The molecule has 6 heteroatoms. The summed E-state index contributed by atoms with van der Waals surface area (Å²) >= 11 is 3.49. The molecule has 0 spiro atoms. The molecule has 0 aromatic heterocycles. The van der Waals surface area contributed by atoms with E-state index in [2.05, 4.69) is 38.4 Å². The van der Waals surface area contributed by atoms with Crippen molar-refractivity contribution in [3.05, 3.63) is 57.7 Å². The SMILES string of the molecule is COc1c(O)cc(CN/C=C2\C=NCc3ccc(Br)cc32)cc1O. The van der Waals surface area contributed by atoms with E-state index in [-0.39, 0.29) is 17.2 Å². The van der Waals surface area contributed by atoms with E-state index >= 15 is 0 Å². The van der Waals surface area contributed by atoms with Gasteiger partial charge in [-0.2, -0.15) is 0 Å². The molecule has 124 valence electrons. The van der Waals surface area contributed by atoms with Crippen LogP contribution >= 0.6 is 15.9 Å². The number of nitrogens with one attached hydrogen (secondary N) is 1. The van der Waals surface area contributed by atoms with Crippen LogP contribution in [0.1, 0.15) is 16.7 Å². The Labute approximate surface area is 148 Å². The summed E-state index contributed by atoms with van der Waals surface area (Å²) in [4.78, 5) is 4.36. The van der Waals surface area contributed by atoms with Crippen LogP contribution in [0.15, 0.2) is 46.0 Å². The lowest BCUT2D eigenvalue weighted by Crippen LogP contribution is -2.09. The lowest BCUT2D eigenvalue weighted by molar-refractivity contribution is 0.344. The third kappa shape index (κ3) is 3.38. The van der Waals surface area contributed by atoms with Crippen LogP contribution in [0.25, 0.3) is 5.57 Å². The zero-order chi connectivity index (χ0) is 17.1. The van der Waals surface area contributed by atoms with Gasteiger partial charge >= 0.3 is 0 Å². The number of hydrogen-bond acceptors (Lipinski definition) is 5. The van der Waals surface area contributed by atoms with E-state index in [4.69, 9.17) is 4.74 Å². The van der Waals surface area contributed by atoms with Crippen LogP contribution < -0.4 is 10.1 Å². The first-order valence-corrected chi connectivity index (χ1v) is 8.19. The number of nitrogens with zero attached hydrogens (tertiary/aromatic N) is 1. The van der Waals surface area contributed by atoms with E-state index in [1.807, 2.05) is 18.5 Å². The molecule has 0 radical (unpaired) electrons. The van der Waals surface area contributed by atoms with Crippen molar-refractivity contribution in [3.8, 4) is 17.2 Å². The highest BCUT2D eigenvalue weighted by Crippen LogP contribution is 2.36. The lowest BCUT2D eigenvalue weighted by Gasteiger charge is -2.14. The van der Waals surface area contributed by atoms with Crippen molar-refractivity contribution < 1.29 is 14.9 Å². The molecule has 0 saturated carbocycles. The molecular weight excluding hydrogens is 372 g/mol. The Morgan fingerprint density at radius 1 is 1.25 bits per heavy atom. The topological polar surface area (TPSA) is 74.1 Å². The molecule has 2 aromatic rings. The Morgan fingerprint density at radius 3 is 2.71 bits per heavy atom. The minimum atomic E-state index is -0.0875. The summed E-state index contributed by atoms with van der Waals surface area (Å²) in [5, 5.41) is 22.8. The number of hydrogen-bond donors (Lipinski definition) is 3. The Hall–Kier alpha value is -2.47. The molecule has 1 heterocycles. The van der Waals surface area contributed by atoms with Gasteiger partial charge < -0.3 is 20.3 Å². The van der Waals surface area contributed by atoms with Gasteiger partial charge in [-0.25, -0.2) is 0 Å². The van der Waals surface area contributed by atoms with Crippen LogP contribution in [0, 0.1) is 0 Å². The molecule has 1 aliphatic rings. The maximum absolute atomic E-state index is 9.83. The van der Waals surface area contributed by atoms with Crippen LogP contribution in [-0.4, -0.2) is 23.5 Å². The van der Waals surface area contributed by atoms with Gasteiger partial charge in [0, 0.05) is 29.0 Å². The molecule has 0 fully saturated rings. The van der Waals surface area contributed by atoms with Crippen LogP contribution in [-0.2, 0) is 13.1 Å². The Morgan fingerprint density at radius 2 is 2.00 bits per heavy atom. The number of allylic oxidation sites excluding steroid dienone is 1. The van der Waals surface area contributed by atoms with Crippen molar-refractivity contribution >= 4 is 27.7 Å². The van der Waals surface area contributed by atoms with Crippen molar-refractivity contribution in [2.24, 2.45) is 4.99 Å². The van der Waals surface area contributed by atoms with Crippen LogP contribution in [0.3, 0.4) is 0 Å². The summed E-state index contributed by atoms with van der Waals surface area (Å²) in [6, 6.07) is 9.25. The maximum atomic E-state index is 9.83. The Balaban J connectivity index is 1.77. The Bertz CT molecular complexity index is 808. The number of aliphatic imine (C=N–C) groups is 1. The average molecular weight is 389 g/mol. The van der Waals surface area contributed by atoms with Crippen LogP contribution in [0.5, 0.6) is 17.2 Å². The number of halogens is 1. The molecule has 0 atom stereocenters. The first-order valence-electron chi connectivity index (χ1n) is 7.39. The predicted octanol–water partition coefficient (Wildman–Crippen LogP) is 3.58. The molecule has 0 saturated heterocycles. The molecule has 5 nitrogen and oxygen atoms in total. The number of fused-ring (bicyclic) bond motifs is 1. The van der Waals surface area contributed by atoms with Gasteiger partial charge in [0.2, 0.25) is 5.75 Å². The molecule has 0 amide bonds. The molecule has 1 aliphatic heterocycles. The summed E-state index contributed by atoms with van der Waals surface area (Å²) in [7, 11) is 1.40. The molecule has 3 rings (SSSR count). The third-order valence-corrected chi connectivity index (χ3v) is 4.25. The zero-order valence-corrected chi connectivity index (χ0v) is 14.7. The van der Waals surface area contributed by atoms with Gasteiger partial charge in [0.25, 0.3) is 0 Å². The second-order valence-corrected chi connectivity index (χ2v) is 6.33. The zero-order valence-electron chi connectivity index (χ0n) is 13.1. The maximum Gasteiger partial charge on any atom is 0.202 e. The first-order chi connectivity index (χ1) is 11.6. The fourth-order valence-electron chi connectivity index (χ4n) is 2.63. The van der Waals surface area contributed by atoms with Gasteiger partial charge in [-0.05, 0) is 41.0 Å². The second-order valence-electron chi connectivity index (χ2n) is 5.42. The summed E-state index contributed by atoms with van der Waals surface area (Å²) in [5.41, 5.74) is 4.03. The third-order valence-electron chi connectivity index (χ3n) is 3.75. The largest absolute Gasteiger partial charge is 0.504 e. The Kier molecular flexibility index (Phi) is 4.76. The number of methoxy groups -OCH3 is 1. The average Bonchev–Trinajstić information content (AvgIpc) is 2.55. The van der Waals surface area contributed by atoms with E-state index < -0.39 is 0 Å². The van der Waals surface area contributed by atoms with Crippen LogP contribution in [0.4, 0.5) is 0 Å². The fourth-order valence-corrected chi connectivity index (χ4v) is 2.99. The molecular formula is C18H17BrN2O3. The lowest BCUT2D eigenvalue weighted by atomic mass is 9.99. The highest BCUT2D eigenvalue weighted by molar-refractivity contribution is 9.10. The molecule has 0 bridgehead atoms.